The summed E-state index contributed by atoms with van der Waals surface area (Å²) in [6.45, 7) is 2.39. The van der Waals surface area contributed by atoms with Gasteiger partial charge in [0.2, 0.25) is 0 Å². The molecule has 0 amide bonds. The van der Waals surface area contributed by atoms with E-state index in [0.717, 1.165) is 12.1 Å². The third kappa shape index (κ3) is 1.89. The number of hydrogen-bond acceptors (Lipinski definition) is 1. The van der Waals surface area contributed by atoms with Gasteiger partial charge in [-0.15, -0.1) is 11.8 Å². The monoisotopic (exact) mass is 220 g/mol. The largest absolute Gasteiger partial charge is 0.330 e. The lowest BCUT2D eigenvalue weighted by Gasteiger charge is -2.00. The number of aryl methyl sites for hydroxylation is 1. The number of fused-ring (bicyclic) bond motifs is 1. The van der Waals surface area contributed by atoms with E-state index in [1.54, 1.807) is 17.8 Å². The fourth-order valence-corrected chi connectivity index (χ4v) is 1.53. The Morgan fingerprint density at radius 1 is 1.31 bits per heavy atom. The van der Waals surface area contributed by atoms with Crippen LogP contribution in [0.3, 0.4) is 0 Å². The van der Waals surface area contributed by atoms with E-state index in [1.807, 2.05) is 0 Å². The van der Waals surface area contributed by atoms with Crippen LogP contribution in [0.2, 0.25) is 0 Å². The summed E-state index contributed by atoms with van der Waals surface area (Å²) in [5.74, 6) is 3.97. The molecule has 2 nitrogen and oxygen atoms in total. The zero-order valence-corrected chi connectivity index (χ0v) is 8.80. The maximum Gasteiger partial charge on any atom is 0.161 e. The first-order valence-corrected chi connectivity index (χ1v) is 4.92. The van der Waals surface area contributed by atoms with Gasteiger partial charge in [0.25, 0.3) is 0 Å². The molecule has 4 heteroatoms. The molecular weight excluding hydrogens is 210 g/mol. The summed E-state index contributed by atoms with van der Waals surface area (Å²) in [6, 6.07) is 2.27. The second kappa shape index (κ2) is 4.31. The highest BCUT2D eigenvalue weighted by molar-refractivity contribution is 5.75. The Hall–Kier alpha value is -1.89. The molecule has 2 aromatic rings. The van der Waals surface area contributed by atoms with Crippen molar-refractivity contribution < 1.29 is 8.78 Å². The molecule has 16 heavy (non-hydrogen) atoms. The second-order valence-electron chi connectivity index (χ2n) is 3.37. The first-order chi connectivity index (χ1) is 7.72. The highest BCUT2D eigenvalue weighted by Crippen LogP contribution is 2.17. The minimum absolute atomic E-state index is 0.461. The van der Waals surface area contributed by atoms with Crippen LogP contribution in [0.4, 0.5) is 8.78 Å². The molecule has 0 spiro atoms. The van der Waals surface area contributed by atoms with E-state index in [2.05, 4.69) is 16.8 Å². The van der Waals surface area contributed by atoms with Crippen LogP contribution >= 0.6 is 0 Å². The van der Waals surface area contributed by atoms with Crippen molar-refractivity contribution in [2.24, 2.45) is 0 Å². The lowest BCUT2D eigenvalue weighted by atomic mass is 10.3. The topological polar surface area (TPSA) is 17.8 Å². The van der Waals surface area contributed by atoms with Gasteiger partial charge in [0, 0.05) is 25.1 Å². The van der Waals surface area contributed by atoms with Gasteiger partial charge in [-0.25, -0.2) is 13.8 Å². The van der Waals surface area contributed by atoms with Crippen molar-refractivity contribution in [1.29, 1.82) is 0 Å². The molecule has 0 aliphatic heterocycles. The number of nitrogens with zero attached hydrogens (tertiary/aromatic N) is 2. The maximum atomic E-state index is 13.1. The smallest absolute Gasteiger partial charge is 0.161 e. The van der Waals surface area contributed by atoms with Gasteiger partial charge in [-0.05, 0) is 6.92 Å². The first kappa shape index (κ1) is 10.6. The van der Waals surface area contributed by atoms with Crippen LogP contribution in [0.15, 0.2) is 18.5 Å². The molecule has 0 N–H and O–H groups in total. The Morgan fingerprint density at radius 2 is 2.06 bits per heavy atom. The van der Waals surface area contributed by atoms with Gasteiger partial charge in [-0.2, -0.15) is 0 Å². The van der Waals surface area contributed by atoms with Crippen LogP contribution in [-0.4, -0.2) is 9.55 Å². The highest BCUT2D eigenvalue weighted by atomic mass is 19.2. The molecule has 0 unspecified atom stereocenters. The first-order valence-electron chi connectivity index (χ1n) is 4.92. The molecule has 0 aliphatic rings. The van der Waals surface area contributed by atoms with E-state index in [1.165, 1.54) is 0 Å². The van der Waals surface area contributed by atoms with Crippen LogP contribution in [0.1, 0.15) is 13.3 Å². The number of hydrogen-bond donors (Lipinski definition) is 0. The van der Waals surface area contributed by atoms with Crippen molar-refractivity contribution in [3.63, 3.8) is 0 Å². The maximum absolute atomic E-state index is 13.1. The van der Waals surface area contributed by atoms with Crippen LogP contribution < -0.4 is 0 Å². The molecule has 2 rings (SSSR count). The van der Waals surface area contributed by atoms with E-state index in [4.69, 9.17) is 0 Å². The van der Waals surface area contributed by atoms with E-state index in [-0.39, 0.29) is 0 Å². The summed E-state index contributed by atoms with van der Waals surface area (Å²) in [4.78, 5) is 4.01. The highest BCUT2D eigenvalue weighted by Gasteiger charge is 2.08. The number of imidazole rings is 1. The standard InChI is InChI=1S/C12H10F2N2/c1-2-3-4-5-16-8-15-11-6-9(13)10(14)7-12(11)16/h6-8H,4-5H2,1H3. The van der Waals surface area contributed by atoms with Crippen LogP contribution in [0.25, 0.3) is 11.0 Å². The SMILES string of the molecule is CC#CCCn1cnc2cc(F)c(F)cc21. The molecule has 0 saturated heterocycles. The number of rotatable bonds is 2. The molecule has 0 aliphatic carbocycles. The van der Waals surface area contributed by atoms with Crippen molar-refractivity contribution in [2.45, 2.75) is 19.9 Å². The Bertz CT molecular complexity index is 576. The summed E-state index contributed by atoms with van der Waals surface area (Å²) in [5.41, 5.74) is 1.06. The number of benzene rings is 1. The Balaban J connectivity index is 2.38. The van der Waals surface area contributed by atoms with E-state index in [0.29, 0.717) is 24.0 Å². The molecule has 1 aromatic carbocycles. The third-order valence-corrected chi connectivity index (χ3v) is 2.32. The van der Waals surface area contributed by atoms with Crippen LogP contribution in [-0.2, 0) is 6.54 Å². The summed E-state index contributed by atoms with van der Waals surface area (Å²) < 4.78 is 27.7. The number of halogens is 2. The van der Waals surface area contributed by atoms with Crippen molar-refractivity contribution in [3.8, 4) is 11.8 Å². The predicted octanol–water partition coefficient (Wildman–Crippen LogP) is 2.73. The molecule has 0 bridgehead atoms. The van der Waals surface area contributed by atoms with Gasteiger partial charge in [0.05, 0.1) is 17.4 Å². The Labute approximate surface area is 91.9 Å². The van der Waals surface area contributed by atoms with Gasteiger partial charge in [-0.3, -0.25) is 0 Å². The molecule has 1 heterocycles. The zero-order valence-electron chi connectivity index (χ0n) is 8.80. The van der Waals surface area contributed by atoms with Crippen LogP contribution in [0, 0.1) is 23.5 Å². The summed E-state index contributed by atoms with van der Waals surface area (Å²) in [6.07, 6.45) is 2.24. The zero-order chi connectivity index (χ0) is 11.5. The lowest BCUT2D eigenvalue weighted by molar-refractivity contribution is 0.510. The van der Waals surface area contributed by atoms with Crippen molar-refractivity contribution >= 4 is 11.0 Å². The van der Waals surface area contributed by atoms with Crippen molar-refractivity contribution in [3.05, 3.63) is 30.1 Å². The van der Waals surface area contributed by atoms with Gasteiger partial charge in [0.1, 0.15) is 0 Å². The molecule has 0 radical (unpaired) electrons. The van der Waals surface area contributed by atoms with E-state index < -0.39 is 11.6 Å². The second-order valence-corrected chi connectivity index (χ2v) is 3.37. The predicted molar refractivity (Wildman–Crippen MR) is 57.7 cm³/mol. The minimum atomic E-state index is -0.869. The molecular formula is C12H10F2N2. The van der Waals surface area contributed by atoms with E-state index >= 15 is 0 Å². The lowest BCUT2D eigenvalue weighted by Crippen LogP contribution is -1.95. The normalized spacial score (nSPS) is 10.2. The molecule has 0 saturated carbocycles. The van der Waals surface area contributed by atoms with Crippen molar-refractivity contribution in [1.82, 2.24) is 9.55 Å². The summed E-state index contributed by atoms with van der Waals surface area (Å²) >= 11 is 0. The summed E-state index contributed by atoms with van der Waals surface area (Å²) in [5, 5.41) is 0. The Morgan fingerprint density at radius 3 is 2.81 bits per heavy atom. The average Bonchev–Trinajstić information content (AvgIpc) is 2.63. The molecule has 82 valence electrons. The third-order valence-electron chi connectivity index (χ3n) is 2.32. The summed E-state index contributed by atoms with van der Waals surface area (Å²) in [7, 11) is 0. The van der Waals surface area contributed by atoms with Crippen molar-refractivity contribution in [2.75, 3.05) is 0 Å². The quantitative estimate of drug-likeness (QED) is 0.711. The molecule has 0 fully saturated rings. The number of aromatic nitrogens is 2. The van der Waals surface area contributed by atoms with E-state index in [9.17, 15) is 8.78 Å². The minimum Gasteiger partial charge on any atom is -0.330 e. The van der Waals surface area contributed by atoms with Gasteiger partial charge in [-0.1, -0.05) is 0 Å². The van der Waals surface area contributed by atoms with Gasteiger partial charge in [0.15, 0.2) is 11.6 Å². The van der Waals surface area contributed by atoms with Gasteiger partial charge >= 0.3 is 0 Å². The van der Waals surface area contributed by atoms with Gasteiger partial charge < -0.3 is 4.57 Å². The molecule has 0 atom stereocenters. The molecule has 1 aromatic heterocycles. The van der Waals surface area contributed by atoms with Crippen LogP contribution in [0.5, 0.6) is 0 Å². The Kier molecular flexibility index (Phi) is 2.86. The average molecular weight is 220 g/mol. The fourth-order valence-electron chi connectivity index (χ4n) is 1.53. The fraction of sp³-hybridized carbons (Fsp3) is 0.250.